The van der Waals surface area contributed by atoms with Crippen LogP contribution in [-0.4, -0.2) is 40.0 Å². The fourth-order valence-electron chi connectivity index (χ4n) is 3.95. The number of hydrogen-bond donors (Lipinski definition) is 0. The van der Waals surface area contributed by atoms with E-state index in [1.165, 1.54) is 15.5 Å². The summed E-state index contributed by atoms with van der Waals surface area (Å²) < 4.78 is 1.52. The van der Waals surface area contributed by atoms with Gasteiger partial charge in [0, 0.05) is 50.0 Å². The van der Waals surface area contributed by atoms with Gasteiger partial charge in [-0.25, -0.2) is 4.98 Å². The SMILES string of the molecule is Cc1ncc(CN2CCCC3(C2)CN(c2ccc(=O)n(C)c2)C3=O)s1. The highest BCUT2D eigenvalue weighted by Crippen LogP contribution is 2.42. The number of anilines is 1. The van der Waals surface area contributed by atoms with Crippen molar-refractivity contribution in [2.45, 2.75) is 26.3 Å². The first-order valence-electron chi connectivity index (χ1n) is 8.59. The van der Waals surface area contributed by atoms with Crippen LogP contribution in [0.1, 0.15) is 22.7 Å². The van der Waals surface area contributed by atoms with E-state index in [1.807, 2.05) is 13.1 Å². The number of pyridine rings is 1. The molecule has 0 N–H and O–H groups in total. The van der Waals surface area contributed by atoms with Crippen LogP contribution in [0.4, 0.5) is 5.69 Å². The summed E-state index contributed by atoms with van der Waals surface area (Å²) in [6, 6.07) is 3.26. The molecule has 1 unspecified atom stereocenters. The van der Waals surface area contributed by atoms with Crippen LogP contribution in [0.15, 0.2) is 29.3 Å². The summed E-state index contributed by atoms with van der Waals surface area (Å²) in [5, 5.41) is 1.09. The Hall–Kier alpha value is -1.99. The normalized spacial score (nSPS) is 23.9. The van der Waals surface area contributed by atoms with Gasteiger partial charge in [0.25, 0.3) is 0 Å². The number of thiazole rings is 1. The van der Waals surface area contributed by atoms with Gasteiger partial charge < -0.3 is 9.47 Å². The maximum absolute atomic E-state index is 12.9. The number of piperidine rings is 1. The molecule has 1 spiro atoms. The number of carbonyl (C=O) groups is 1. The summed E-state index contributed by atoms with van der Waals surface area (Å²) >= 11 is 1.73. The Morgan fingerprint density at radius 3 is 2.80 bits per heavy atom. The number of rotatable bonds is 3. The first-order valence-corrected chi connectivity index (χ1v) is 9.41. The molecule has 132 valence electrons. The molecule has 0 aromatic carbocycles. The minimum Gasteiger partial charge on any atom is -0.317 e. The highest BCUT2D eigenvalue weighted by Gasteiger charge is 2.54. The Bertz CT molecular complexity index is 874. The average Bonchev–Trinajstić information content (AvgIpc) is 3.00. The lowest BCUT2D eigenvalue weighted by atomic mass is 9.72. The summed E-state index contributed by atoms with van der Waals surface area (Å²) in [6.07, 6.45) is 5.69. The average molecular weight is 358 g/mol. The number of aryl methyl sites for hydroxylation is 2. The van der Waals surface area contributed by atoms with Crippen LogP contribution in [0.5, 0.6) is 0 Å². The topological polar surface area (TPSA) is 58.4 Å². The third-order valence-corrected chi connectivity index (χ3v) is 6.14. The molecule has 0 bridgehead atoms. The van der Waals surface area contributed by atoms with Crippen molar-refractivity contribution in [2.24, 2.45) is 12.5 Å². The van der Waals surface area contributed by atoms with Gasteiger partial charge >= 0.3 is 0 Å². The molecule has 1 amide bonds. The Balaban J connectivity index is 1.46. The zero-order chi connectivity index (χ0) is 17.6. The molecule has 2 aliphatic heterocycles. The molecule has 2 aromatic rings. The molecule has 4 heterocycles. The van der Waals surface area contributed by atoms with E-state index in [9.17, 15) is 9.59 Å². The van der Waals surface area contributed by atoms with E-state index < -0.39 is 0 Å². The summed E-state index contributed by atoms with van der Waals surface area (Å²) in [5.41, 5.74) is 0.496. The van der Waals surface area contributed by atoms with Gasteiger partial charge in [-0.05, 0) is 32.4 Å². The maximum Gasteiger partial charge on any atom is 0.250 e. The lowest BCUT2D eigenvalue weighted by Crippen LogP contribution is -2.67. The zero-order valence-corrected chi connectivity index (χ0v) is 15.4. The molecule has 2 aromatic heterocycles. The van der Waals surface area contributed by atoms with Gasteiger partial charge in [0.05, 0.1) is 16.1 Å². The molecule has 2 aliphatic rings. The quantitative estimate of drug-likeness (QED) is 0.785. The van der Waals surface area contributed by atoms with Gasteiger partial charge in [-0.3, -0.25) is 14.5 Å². The van der Waals surface area contributed by atoms with Crippen LogP contribution < -0.4 is 10.5 Å². The molecule has 6 nitrogen and oxygen atoms in total. The number of β-lactam (4-membered cyclic amide) rings is 1. The fraction of sp³-hybridized carbons (Fsp3) is 0.500. The molecule has 0 radical (unpaired) electrons. The van der Waals surface area contributed by atoms with Gasteiger partial charge in [0.15, 0.2) is 0 Å². The molecule has 2 fully saturated rings. The molecule has 0 aliphatic carbocycles. The number of amides is 1. The molecule has 0 saturated carbocycles. The summed E-state index contributed by atoms with van der Waals surface area (Å²) in [6.45, 7) is 5.48. The van der Waals surface area contributed by atoms with Gasteiger partial charge in [-0.2, -0.15) is 0 Å². The van der Waals surface area contributed by atoms with Crippen molar-refractivity contribution >= 4 is 22.9 Å². The van der Waals surface area contributed by atoms with Crippen molar-refractivity contribution in [3.8, 4) is 0 Å². The van der Waals surface area contributed by atoms with E-state index in [1.54, 1.807) is 35.5 Å². The summed E-state index contributed by atoms with van der Waals surface area (Å²) in [7, 11) is 1.71. The summed E-state index contributed by atoms with van der Waals surface area (Å²) in [5.74, 6) is 0.191. The summed E-state index contributed by atoms with van der Waals surface area (Å²) in [4.78, 5) is 34.3. The van der Waals surface area contributed by atoms with Crippen LogP contribution in [0, 0.1) is 12.3 Å². The van der Waals surface area contributed by atoms with Gasteiger partial charge in [0.1, 0.15) is 0 Å². The van der Waals surface area contributed by atoms with Crippen molar-refractivity contribution in [1.82, 2.24) is 14.5 Å². The van der Waals surface area contributed by atoms with E-state index in [2.05, 4.69) is 9.88 Å². The van der Waals surface area contributed by atoms with Crippen LogP contribution in [0.3, 0.4) is 0 Å². The first-order chi connectivity index (χ1) is 12.0. The minimum absolute atomic E-state index is 0.0601. The Labute approximate surface area is 150 Å². The van der Waals surface area contributed by atoms with Crippen molar-refractivity contribution in [3.05, 3.63) is 44.8 Å². The highest BCUT2D eigenvalue weighted by atomic mass is 32.1. The van der Waals surface area contributed by atoms with E-state index in [-0.39, 0.29) is 16.9 Å². The number of likely N-dealkylation sites (tertiary alicyclic amines) is 1. The minimum atomic E-state index is -0.257. The lowest BCUT2D eigenvalue weighted by molar-refractivity contribution is -0.139. The van der Waals surface area contributed by atoms with E-state index >= 15 is 0 Å². The molecule has 4 rings (SSSR count). The van der Waals surface area contributed by atoms with Gasteiger partial charge in [-0.1, -0.05) is 0 Å². The van der Waals surface area contributed by atoms with Crippen LogP contribution in [0.2, 0.25) is 0 Å². The number of hydrogen-bond acceptors (Lipinski definition) is 5. The highest BCUT2D eigenvalue weighted by molar-refractivity contribution is 7.11. The van der Waals surface area contributed by atoms with Crippen LogP contribution in [0.25, 0.3) is 0 Å². The van der Waals surface area contributed by atoms with Gasteiger partial charge in [0.2, 0.25) is 11.5 Å². The van der Waals surface area contributed by atoms with E-state index in [0.717, 1.165) is 49.7 Å². The molecule has 2 saturated heterocycles. The second-order valence-corrected chi connectivity index (χ2v) is 8.49. The smallest absolute Gasteiger partial charge is 0.250 e. The predicted octanol–water partition coefficient (Wildman–Crippen LogP) is 1.78. The molecule has 1 atom stereocenters. The largest absolute Gasteiger partial charge is 0.317 e. The molecule has 25 heavy (non-hydrogen) atoms. The monoisotopic (exact) mass is 358 g/mol. The third kappa shape index (κ3) is 2.91. The second-order valence-electron chi connectivity index (χ2n) is 7.17. The van der Waals surface area contributed by atoms with Gasteiger partial charge in [-0.15, -0.1) is 11.3 Å². The standard InChI is InChI=1S/C18H22N4O2S/c1-13-19-8-15(25-13)10-21-7-3-6-18(11-21)12-22(17(18)24)14-4-5-16(23)20(2)9-14/h4-5,8-9H,3,6-7,10-12H2,1-2H3. The van der Waals surface area contributed by atoms with Crippen molar-refractivity contribution in [2.75, 3.05) is 24.5 Å². The maximum atomic E-state index is 12.9. The molecular weight excluding hydrogens is 336 g/mol. The molecular formula is C18H22N4O2S. The number of carbonyl (C=O) groups excluding carboxylic acids is 1. The van der Waals surface area contributed by atoms with Crippen molar-refractivity contribution in [3.63, 3.8) is 0 Å². The predicted molar refractivity (Wildman–Crippen MR) is 97.8 cm³/mol. The Kier molecular flexibility index (Phi) is 4.00. The Morgan fingerprint density at radius 2 is 2.12 bits per heavy atom. The number of aromatic nitrogens is 2. The lowest BCUT2D eigenvalue weighted by Gasteiger charge is -2.53. The second kappa shape index (κ2) is 6.07. The number of nitrogens with zero attached hydrogens (tertiary/aromatic N) is 4. The third-order valence-electron chi connectivity index (χ3n) is 5.25. The van der Waals surface area contributed by atoms with Crippen molar-refractivity contribution in [1.29, 1.82) is 0 Å². The van der Waals surface area contributed by atoms with E-state index in [4.69, 9.17) is 0 Å². The first kappa shape index (κ1) is 16.5. The Morgan fingerprint density at radius 1 is 1.28 bits per heavy atom. The van der Waals surface area contributed by atoms with E-state index in [0.29, 0.717) is 0 Å². The zero-order valence-electron chi connectivity index (χ0n) is 14.6. The fourth-order valence-corrected chi connectivity index (χ4v) is 4.79. The van der Waals surface area contributed by atoms with Crippen LogP contribution >= 0.6 is 11.3 Å². The molecule has 7 heteroatoms. The van der Waals surface area contributed by atoms with Crippen LogP contribution in [-0.2, 0) is 18.4 Å². The van der Waals surface area contributed by atoms with Crippen molar-refractivity contribution < 1.29 is 4.79 Å².